The second-order valence-corrected chi connectivity index (χ2v) is 19.7. The maximum Gasteiger partial charge on any atom is 0.123 e. The lowest BCUT2D eigenvalue weighted by Gasteiger charge is -2.34. The highest BCUT2D eigenvalue weighted by Gasteiger charge is 2.39. The van der Waals surface area contributed by atoms with Gasteiger partial charge in [0.05, 0.1) is 15.2 Å². The summed E-state index contributed by atoms with van der Waals surface area (Å²) in [6, 6.07) is 4.38. The summed E-state index contributed by atoms with van der Waals surface area (Å²) in [4.78, 5) is 0. The van der Waals surface area contributed by atoms with Gasteiger partial charge in [0.25, 0.3) is 0 Å². The Morgan fingerprint density at radius 1 is 1.11 bits per heavy atom. The molecule has 0 saturated carbocycles. The van der Waals surface area contributed by atoms with E-state index in [-0.39, 0.29) is 5.41 Å². The summed E-state index contributed by atoms with van der Waals surface area (Å²) in [7, 11) is -1.61. The van der Waals surface area contributed by atoms with E-state index in [1.807, 2.05) is 6.08 Å². The van der Waals surface area contributed by atoms with Crippen LogP contribution in [0, 0.1) is 0 Å². The Balaban J connectivity index is 2.80. The number of rotatable bonds is 7. The highest BCUT2D eigenvalue weighted by Crippen LogP contribution is 2.39. The first-order valence-corrected chi connectivity index (χ1v) is 16.7. The van der Waals surface area contributed by atoms with Crippen molar-refractivity contribution in [1.82, 2.24) is 0 Å². The van der Waals surface area contributed by atoms with E-state index in [4.69, 9.17) is 9.47 Å². The third kappa shape index (κ3) is 4.54. The van der Waals surface area contributed by atoms with Crippen LogP contribution in [0.1, 0.15) is 32.8 Å². The van der Waals surface area contributed by atoms with Crippen molar-refractivity contribution in [1.29, 1.82) is 0 Å². The minimum Gasteiger partial charge on any atom is -0.497 e. The molecule has 2 rings (SSSR count). The summed E-state index contributed by atoms with van der Waals surface area (Å²) < 4.78 is 12.1. The van der Waals surface area contributed by atoms with Gasteiger partial charge in [0.15, 0.2) is 0 Å². The number of ether oxygens (including phenoxy) is 2. The molecule has 0 unspecified atom stereocenters. The van der Waals surface area contributed by atoms with E-state index in [9.17, 15) is 0 Å². The van der Waals surface area contributed by atoms with E-state index in [0.717, 1.165) is 17.9 Å². The molecule has 0 fully saturated rings. The van der Waals surface area contributed by atoms with Gasteiger partial charge in [-0.3, -0.25) is 0 Å². The van der Waals surface area contributed by atoms with E-state index in [1.54, 1.807) is 17.5 Å². The molecule has 1 aromatic rings. The number of methoxy groups -OCH3 is 1. The van der Waals surface area contributed by atoms with Crippen LogP contribution in [0.4, 0.5) is 0 Å². The molecule has 1 aliphatic rings. The highest BCUT2D eigenvalue weighted by molar-refractivity contribution is 6.98. The van der Waals surface area contributed by atoms with Crippen LogP contribution in [0.3, 0.4) is 0 Å². The molecule has 0 heterocycles. The van der Waals surface area contributed by atoms with Crippen molar-refractivity contribution in [2.45, 2.75) is 65.3 Å². The third-order valence-electron chi connectivity index (χ3n) is 5.62. The van der Waals surface area contributed by atoms with Crippen LogP contribution >= 0.6 is 0 Å². The lowest BCUT2D eigenvalue weighted by molar-refractivity contribution is 0.351. The van der Waals surface area contributed by atoms with Crippen LogP contribution in [0.5, 0.6) is 11.5 Å². The fourth-order valence-corrected chi connectivity index (χ4v) is 10.7. The standard InChI is InChI=1S/C24H38O2Si2/c1-11-15-26-23-19(24(2,3)4)16-18(25-5)17-22(23)28(9,10)21-14-12-13-20(21)27(6,7)8/h11-13,16-17H,1,14-15H2,2-10H3. The topological polar surface area (TPSA) is 18.5 Å². The van der Waals surface area contributed by atoms with Crippen molar-refractivity contribution in [2.75, 3.05) is 13.7 Å². The second-order valence-electron chi connectivity index (χ2n) is 10.3. The lowest BCUT2D eigenvalue weighted by Crippen LogP contribution is -2.47. The Kier molecular flexibility index (Phi) is 6.56. The van der Waals surface area contributed by atoms with Crippen molar-refractivity contribution in [3.63, 3.8) is 0 Å². The van der Waals surface area contributed by atoms with Crippen molar-refractivity contribution in [3.05, 3.63) is 52.9 Å². The fraction of sp³-hybridized carbons (Fsp3) is 0.500. The third-order valence-corrected chi connectivity index (χ3v) is 11.7. The molecule has 0 saturated heterocycles. The van der Waals surface area contributed by atoms with E-state index < -0.39 is 16.1 Å². The molecule has 0 aliphatic heterocycles. The average Bonchev–Trinajstić information content (AvgIpc) is 3.09. The molecule has 1 aliphatic carbocycles. The zero-order chi connectivity index (χ0) is 21.3. The smallest absolute Gasteiger partial charge is 0.123 e. The summed E-state index contributed by atoms with van der Waals surface area (Å²) in [6.45, 7) is 23.4. The monoisotopic (exact) mass is 414 g/mol. The fourth-order valence-electron chi connectivity index (χ4n) is 4.00. The van der Waals surface area contributed by atoms with Gasteiger partial charge in [-0.25, -0.2) is 0 Å². The normalized spacial score (nSPS) is 15.2. The molecule has 28 heavy (non-hydrogen) atoms. The van der Waals surface area contributed by atoms with Gasteiger partial charge in [-0.1, -0.05) is 88.7 Å². The Morgan fingerprint density at radius 3 is 2.25 bits per heavy atom. The van der Waals surface area contributed by atoms with Gasteiger partial charge >= 0.3 is 0 Å². The Morgan fingerprint density at radius 2 is 1.75 bits per heavy atom. The largest absolute Gasteiger partial charge is 0.497 e. The molecule has 0 N–H and O–H groups in total. The molecule has 0 aromatic heterocycles. The highest BCUT2D eigenvalue weighted by atomic mass is 28.3. The van der Waals surface area contributed by atoms with Crippen molar-refractivity contribution in [2.24, 2.45) is 0 Å². The first-order valence-electron chi connectivity index (χ1n) is 10.2. The molecular weight excluding hydrogens is 376 g/mol. The first kappa shape index (κ1) is 22.8. The Bertz CT molecular complexity index is 803. The van der Waals surface area contributed by atoms with Gasteiger partial charge in [0.1, 0.15) is 26.2 Å². The molecule has 154 valence electrons. The minimum atomic E-state index is -1.96. The molecule has 2 nitrogen and oxygen atoms in total. The molecular formula is C24H38O2Si2. The van der Waals surface area contributed by atoms with Crippen LogP contribution in [0.25, 0.3) is 0 Å². The van der Waals surface area contributed by atoms with Gasteiger partial charge in [0, 0.05) is 5.56 Å². The van der Waals surface area contributed by atoms with Gasteiger partial charge in [0.2, 0.25) is 0 Å². The zero-order valence-corrected chi connectivity index (χ0v) is 21.3. The van der Waals surface area contributed by atoms with Gasteiger partial charge < -0.3 is 9.47 Å². The van der Waals surface area contributed by atoms with Gasteiger partial charge in [-0.15, -0.1) is 0 Å². The maximum atomic E-state index is 6.34. The lowest BCUT2D eigenvalue weighted by atomic mass is 9.86. The summed E-state index contributed by atoms with van der Waals surface area (Å²) in [5.74, 6) is 1.96. The maximum absolute atomic E-state index is 6.34. The van der Waals surface area contributed by atoms with Crippen molar-refractivity contribution in [3.8, 4) is 11.5 Å². The average molecular weight is 415 g/mol. The summed E-state index contributed by atoms with van der Waals surface area (Å²) >= 11 is 0. The van der Waals surface area contributed by atoms with E-state index in [1.165, 1.54) is 10.8 Å². The van der Waals surface area contributed by atoms with Crippen molar-refractivity contribution >= 4 is 21.3 Å². The van der Waals surface area contributed by atoms with Gasteiger partial charge in [-0.05, 0) is 29.2 Å². The van der Waals surface area contributed by atoms with Gasteiger partial charge in [-0.2, -0.15) is 0 Å². The van der Waals surface area contributed by atoms with Crippen LogP contribution in [0.15, 0.2) is 47.3 Å². The second kappa shape index (κ2) is 8.07. The first-order chi connectivity index (χ1) is 12.8. The quantitative estimate of drug-likeness (QED) is 0.394. The van der Waals surface area contributed by atoms with E-state index in [0.29, 0.717) is 6.61 Å². The zero-order valence-electron chi connectivity index (χ0n) is 19.3. The van der Waals surface area contributed by atoms with Crippen LogP contribution < -0.4 is 14.7 Å². The number of hydrogen-bond acceptors (Lipinski definition) is 2. The summed E-state index contributed by atoms with van der Waals surface area (Å²) in [5, 5.41) is 4.62. The molecule has 0 radical (unpaired) electrons. The Labute approximate surface area is 174 Å². The molecule has 4 heteroatoms. The van der Waals surface area contributed by atoms with Crippen molar-refractivity contribution < 1.29 is 9.47 Å². The number of hydrogen-bond donors (Lipinski definition) is 0. The Hall–Kier alpha value is -1.53. The summed E-state index contributed by atoms with van der Waals surface area (Å²) in [6.07, 6.45) is 7.65. The predicted molar refractivity (Wildman–Crippen MR) is 129 cm³/mol. The predicted octanol–water partition coefficient (Wildman–Crippen LogP) is 6.15. The molecule has 0 amide bonds. The molecule has 0 bridgehead atoms. The van der Waals surface area contributed by atoms with E-state index in [2.05, 4.69) is 84.4 Å². The SMILES string of the molecule is C=CCOc1c(C(C)(C)C)cc(OC)cc1[Si](C)(C)C1=C([Si](C)(C)C)C=CC1. The molecule has 0 atom stereocenters. The van der Waals surface area contributed by atoms with Crippen LogP contribution in [-0.4, -0.2) is 29.9 Å². The van der Waals surface area contributed by atoms with E-state index >= 15 is 0 Å². The summed E-state index contributed by atoms with van der Waals surface area (Å²) in [5.41, 5.74) is 1.18. The minimum absolute atomic E-state index is 0.0335. The number of benzene rings is 1. The molecule has 0 spiro atoms. The van der Waals surface area contributed by atoms with Crippen LogP contribution in [0.2, 0.25) is 32.7 Å². The molecule has 1 aromatic carbocycles. The number of allylic oxidation sites excluding steroid dienone is 4. The van der Waals surface area contributed by atoms with Crippen LogP contribution in [-0.2, 0) is 5.41 Å².